The van der Waals surface area contributed by atoms with Gasteiger partial charge in [-0.1, -0.05) is 6.07 Å². The van der Waals surface area contributed by atoms with Crippen LogP contribution in [0.25, 0.3) is 11.0 Å². The zero-order chi connectivity index (χ0) is 17.5. The number of anilines is 1. The van der Waals surface area contributed by atoms with Crippen molar-refractivity contribution in [1.29, 1.82) is 0 Å². The molecule has 0 unspecified atom stereocenters. The van der Waals surface area contributed by atoms with Crippen LogP contribution in [-0.4, -0.2) is 19.1 Å². The van der Waals surface area contributed by atoms with Gasteiger partial charge in [-0.2, -0.15) is 13.2 Å². The van der Waals surface area contributed by atoms with Gasteiger partial charge in [0.05, 0.1) is 11.0 Å². The second-order valence-electron chi connectivity index (χ2n) is 5.34. The van der Waals surface area contributed by atoms with Gasteiger partial charge >= 0.3 is 11.9 Å². The molecule has 2 heterocycles. The van der Waals surface area contributed by atoms with E-state index in [0.29, 0.717) is 0 Å². The van der Waals surface area contributed by atoms with E-state index in [4.69, 9.17) is 0 Å². The van der Waals surface area contributed by atoms with Crippen molar-refractivity contribution in [3.8, 4) is 0 Å². The molecule has 0 fully saturated rings. The van der Waals surface area contributed by atoms with Gasteiger partial charge in [-0.05, 0) is 23.8 Å². The first-order chi connectivity index (χ1) is 11.3. The predicted molar refractivity (Wildman–Crippen MR) is 82.5 cm³/mol. The summed E-state index contributed by atoms with van der Waals surface area (Å²) in [6, 6.07) is 6.21. The van der Waals surface area contributed by atoms with Gasteiger partial charge in [0.15, 0.2) is 0 Å². The molecule has 0 spiro atoms. The van der Waals surface area contributed by atoms with Gasteiger partial charge in [-0.15, -0.1) is 0 Å². The van der Waals surface area contributed by atoms with Gasteiger partial charge in [0.25, 0.3) is 0 Å². The Kier molecular flexibility index (Phi) is 3.78. The molecule has 1 N–H and O–H groups in total. The molecule has 1 aromatic carbocycles. The molecule has 126 valence electrons. The number of nitrogens with one attached hydrogen (secondary N) is 1. The molecule has 0 atom stereocenters. The summed E-state index contributed by atoms with van der Waals surface area (Å²) in [5, 5.41) is 2.76. The van der Waals surface area contributed by atoms with E-state index >= 15 is 0 Å². The van der Waals surface area contributed by atoms with E-state index in [1.807, 2.05) is 0 Å². The van der Waals surface area contributed by atoms with Crippen molar-refractivity contribution in [2.45, 2.75) is 12.7 Å². The molecule has 0 bridgehead atoms. The van der Waals surface area contributed by atoms with Gasteiger partial charge in [0, 0.05) is 26.8 Å². The van der Waals surface area contributed by atoms with Crippen molar-refractivity contribution in [3.05, 3.63) is 52.2 Å². The molecule has 9 heteroatoms. The highest BCUT2D eigenvalue weighted by Crippen LogP contribution is 2.27. The lowest BCUT2D eigenvalue weighted by molar-refractivity contribution is -0.141. The van der Waals surface area contributed by atoms with Crippen LogP contribution in [0.4, 0.5) is 19.1 Å². The van der Waals surface area contributed by atoms with Gasteiger partial charge in [0.2, 0.25) is 5.95 Å². The third-order valence-corrected chi connectivity index (χ3v) is 3.73. The lowest BCUT2D eigenvalue weighted by atomic mass is 10.2. The molecular formula is C15H14F3N5O. The topological polar surface area (TPSA) is 64.7 Å². The summed E-state index contributed by atoms with van der Waals surface area (Å²) in [6.45, 7) is 0.236. The van der Waals surface area contributed by atoms with Crippen molar-refractivity contribution in [2.75, 3.05) is 5.32 Å². The van der Waals surface area contributed by atoms with E-state index in [-0.39, 0.29) is 18.2 Å². The SMILES string of the molecule is Cn1c(=O)n(C)c2cc(CNc3nccc(C(F)(F)F)n3)ccc21. The number of fused-ring (bicyclic) bond motifs is 1. The van der Waals surface area contributed by atoms with E-state index in [9.17, 15) is 18.0 Å². The Morgan fingerprint density at radius 1 is 1.12 bits per heavy atom. The summed E-state index contributed by atoms with van der Waals surface area (Å²) < 4.78 is 41.0. The van der Waals surface area contributed by atoms with E-state index < -0.39 is 11.9 Å². The largest absolute Gasteiger partial charge is 0.433 e. The zero-order valence-corrected chi connectivity index (χ0v) is 12.9. The van der Waals surface area contributed by atoms with E-state index in [2.05, 4.69) is 15.3 Å². The van der Waals surface area contributed by atoms with Crippen molar-refractivity contribution in [1.82, 2.24) is 19.1 Å². The number of aryl methyl sites for hydroxylation is 2. The quantitative estimate of drug-likeness (QED) is 0.796. The molecule has 0 saturated heterocycles. The van der Waals surface area contributed by atoms with Gasteiger partial charge in [-0.3, -0.25) is 9.13 Å². The van der Waals surface area contributed by atoms with Crippen molar-refractivity contribution in [2.24, 2.45) is 14.1 Å². The number of nitrogens with zero attached hydrogens (tertiary/aromatic N) is 4. The Morgan fingerprint density at radius 3 is 2.54 bits per heavy atom. The summed E-state index contributed by atoms with van der Waals surface area (Å²) in [4.78, 5) is 19.1. The number of halogens is 3. The van der Waals surface area contributed by atoms with Crippen LogP contribution in [0, 0.1) is 0 Å². The van der Waals surface area contributed by atoms with Crippen LogP contribution in [0.2, 0.25) is 0 Å². The summed E-state index contributed by atoms with van der Waals surface area (Å²) >= 11 is 0. The molecule has 0 aliphatic rings. The smallest absolute Gasteiger partial charge is 0.350 e. The average molecular weight is 337 g/mol. The molecule has 6 nitrogen and oxygen atoms in total. The summed E-state index contributed by atoms with van der Waals surface area (Å²) in [7, 11) is 3.34. The first kappa shape index (κ1) is 16.0. The van der Waals surface area contributed by atoms with Gasteiger partial charge in [0.1, 0.15) is 5.69 Å². The minimum absolute atomic E-state index is 0.105. The molecule has 3 rings (SSSR count). The number of aromatic nitrogens is 4. The van der Waals surface area contributed by atoms with Crippen LogP contribution in [0.1, 0.15) is 11.3 Å². The van der Waals surface area contributed by atoms with Crippen LogP contribution < -0.4 is 11.0 Å². The number of hydrogen-bond donors (Lipinski definition) is 1. The van der Waals surface area contributed by atoms with E-state index in [1.54, 1.807) is 32.3 Å². The maximum Gasteiger partial charge on any atom is 0.433 e. The van der Waals surface area contributed by atoms with Gasteiger partial charge in [-0.25, -0.2) is 14.8 Å². The monoisotopic (exact) mass is 337 g/mol. The molecule has 2 aromatic heterocycles. The lowest BCUT2D eigenvalue weighted by Crippen LogP contribution is -2.19. The fourth-order valence-corrected chi connectivity index (χ4v) is 2.45. The predicted octanol–water partition coefficient (Wildman–Crippen LogP) is 2.30. The number of benzene rings is 1. The lowest BCUT2D eigenvalue weighted by Gasteiger charge is -2.09. The second-order valence-corrected chi connectivity index (χ2v) is 5.34. The molecule has 3 aromatic rings. The number of imidazole rings is 1. The van der Waals surface area contributed by atoms with Crippen LogP contribution in [0.15, 0.2) is 35.3 Å². The molecule has 0 aliphatic heterocycles. The maximum atomic E-state index is 12.6. The minimum atomic E-state index is -4.51. The molecular weight excluding hydrogens is 323 g/mol. The molecule has 0 amide bonds. The van der Waals surface area contributed by atoms with Crippen LogP contribution in [0.3, 0.4) is 0 Å². The van der Waals surface area contributed by atoms with Gasteiger partial charge < -0.3 is 5.32 Å². The normalized spacial score (nSPS) is 11.9. The van der Waals surface area contributed by atoms with Crippen LogP contribution in [-0.2, 0) is 26.8 Å². The number of alkyl halides is 3. The minimum Gasteiger partial charge on any atom is -0.350 e. The van der Waals surface area contributed by atoms with Crippen molar-refractivity contribution < 1.29 is 13.2 Å². The fourth-order valence-electron chi connectivity index (χ4n) is 2.45. The summed E-state index contributed by atoms with van der Waals surface area (Å²) in [6.07, 6.45) is -3.46. The molecule has 0 saturated carbocycles. The van der Waals surface area contributed by atoms with Crippen molar-refractivity contribution >= 4 is 17.0 Å². The van der Waals surface area contributed by atoms with Crippen LogP contribution >= 0.6 is 0 Å². The third kappa shape index (κ3) is 2.84. The first-order valence-electron chi connectivity index (χ1n) is 7.06. The Morgan fingerprint density at radius 2 is 1.83 bits per heavy atom. The average Bonchev–Trinajstić information content (AvgIpc) is 2.77. The Hall–Kier alpha value is -2.84. The zero-order valence-electron chi connectivity index (χ0n) is 12.9. The molecule has 24 heavy (non-hydrogen) atoms. The maximum absolute atomic E-state index is 12.6. The van der Waals surface area contributed by atoms with E-state index in [1.165, 1.54) is 9.13 Å². The standard InChI is InChI=1S/C15H14F3N5O/c1-22-10-4-3-9(7-11(10)23(2)14(22)24)8-20-13-19-6-5-12(21-13)15(16,17)18/h3-7H,8H2,1-2H3,(H,19,20,21). The first-order valence-corrected chi connectivity index (χ1v) is 7.06. The second kappa shape index (κ2) is 5.66. The highest BCUT2D eigenvalue weighted by Gasteiger charge is 2.32. The van der Waals surface area contributed by atoms with E-state index in [0.717, 1.165) is 28.9 Å². The Balaban J connectivity index is 1.84. The van der Waals surface area contributed by atoms with Crippen LogP contribution in [0.5, 0.6) is 0 Å². The Labute approximate surface area is 134 Å². The third-order valence-electron chi connectivity index (χ3n) is 3.73. The summed E-state index contributed by atoms with van der Waals surface area (Å²) in [5.41, 5.74) is 1.18. The highest BCUT2D eigenvalue weighted by atomic mass is 19.4. The molecule has 0 aliphatic carbocycles. The molecule has 0 radical (unpaired) electrons. The number of hydrogen-bond acceptors (Lipinski definition) is 4. The highest BCUT2D eigenvalue weighted by molar-refractivity contribution is 5.76. The summed E-state index contributed by atoms with van der Waals surface area (Å²) in [5.74, 6) is -0.105. The Bertz CT molecular complexity index is 958. The fraction of sp³-hybridized carbons (Fsp3) is 0.267. The number of rotatable bonds is 3. The van der Waals surface area contributed by atoms with Crippen molar-refractivity contribution in [3.63, 3.8) is 0 Å².